The summed E-state index contributed by atoms with van der Waals surface area (Å²) in [6.07, 6.45) is 3.36. The van der Waals surface area contributed by atoms with Gasteiger partial charge in [-0.1, -0.05) is 0 Å². The summed E-state index contributed by atoms with van der Waals surface area (Å²) < 4.78 is 0. The van der Waals surface area contributed by atoms with Crippen LogP contribution in [-0.2, 0) is 0 Å². The maximum Gasteiger partial charge on any atom is 0.225 e. The molecule has 0 amide bonds. The minimum atomic E-state index is 0.177. The summed E-state index contributed by atoms with van der Waals surface area (Å²) in [5.41, 5.74) is 0. The van der Waals surface area contributed by atoms with Crippen LogP contribution < -0.4 is 10.2 Å². The number of thiophene rings is 1. The summed E-state index contributed by atoms with van der Waals surface area (Å²) in [4.78, 5) is 12.3. The maximum atomic E-state index is 9.57. The van der Waals surface area contributed by atoms with E-state index in [4.69, 9.17) is 0 Å². The lowest BCUT2D eigenvalue weighted by Crippen LogP contribution is -2.42. The zero-order valence-corrected chi connectivity index (χ0v) is 11.8. The average molecular weight is 278 g/mol. The minimum Gasteiger partial charge on any atom is -0.394 e. The molecule has 2 aromatic rings. The highest BCUT2D eigenvalue weighted by Crippen LogP contribution is 2.32. The third-order valence-corrected chi connectivity index (χ3v) is 4.45. The SMILES string of the molecule is CNc1nc(N2CCCCC2CO)c2ccsc2n1. The fourth-order valence-corrected chi connectivity index (χ4v) is 3.40. The molecular formula is C13H18N4OS. The van der Waals surface area contributed by atoms with E-state index in [9.17, 15) is 5.11 Å². The Morgan fingerprint density at radius 2 is 2.37 bits per heavy atom. The second kappa shape index (κ2) is 5.30. The fraction of sp³-hybridized carbons (Fsp3) is 0.538. The normalized spacial score (nSPS) is 19.9. The summed E-state index contributed by atoms with van der Waals surface area (Å²) in [5, 5.41) is 15.7. The number of aliphatic hydroxyl groups excluding tert-OH is 1. The zero-order chi connectivity index (χ0) is 13.2. The zero-order valence-electron chi connectivity index (χ0n) is 11.0. The topological polar surface area (TPSA) is 61.3 Å². The Kier molecular flexibility index (Phi) is 3.52. The predicted octanol–water partition coefficient (Wildman–Crippen LogP) is 2.08. The Balaban J connectivity index is 2.08. The van der Waals surface area contributed by atoms with Crippen LogP contribution in [-0.4, -0.2) is 41.3 Å². The largest absolute Gasteiger partial charge is 0.394 e. The van der Waals surface area contributed by atoms with Gasteiger partial charge in [-0.2, -0.15) is 4.98 Å². The van der Waals surface area contributed by atoms with Crippen molar-refractivity contribution in [2.75, 3.05) is 30.4 Å². The molecule has 1 aliphatic heterocycles. The lowest BCUT2D eigenvalue weighted by molar-refractivity contribution is 0.239. The molecule has 0 bridgehead atoms. The molecule has 1 atom stereocenters. The molecule has 3 rings (SSSR count). The summed E-state index contributed by atoms with van der Waals surface area (Å²) in [5.74, 6) is 1.60. The molecule has 2 aromatic heterocycles. The number of aromatic nitrogens is 2. The smallest absolute Gasteiger partial charge is 0.225 e. The van der Waals surface area contributed by atoms with Gasteiger partial charge in [0.25, 0.3) is 0 Å². The van der Waals surface area contributed by atoms with E-state index in [0.717, 1.165) is 35.4 Å². The monoisotopic (exact) mass is 278 g/mol. The predicted molar refractivity (Wildman–Crippen MR) is 79.0 cm³/mol. The first kappa shape index (κ1) is 12.6. The standard InChI is InChI=1S/C13H18N4OS/c1-14-13-15-11(10-5-7-19-12(10)16-13)17-6-3-2-4-9(17)8-18/h5,7,9,18H,2-4,6,8H2,1H3,(H,14,15,16). The van der Waals surface area contributed by atoms with Crippen molar-refractivity contribution in [1.82, 2.24) is 9.97 Å². The Morgan fingerprint density at radius 3 is 3.16 bits per heavy atom. The molecule has 1 aliphatic rings. The molecule has 0 radical (unpaired) electrons. The molecule has 19 heavy (non-hydrogen) atoms. The highest BCUT2D eigenvalue weighted by Gasteiger charge is 2.25. The van der Waals surface area contributed by atoms with Crippen LogP contribution in [0.1, 0.15) is 19.3 Å². The van der Waals surface area contributed by atoms with E-state index in [1.807, 2.05) is 12.4 Å². The summed E-state index contributed by atoms with van der Waals surface area (Å²) in [7, 11) is 1.83. The van der Waals surface area contributed by atoms with Crippen molar-refractivity contribution in [3.63, 3.8) is 0 Å². The Morgan fingerprint density at radius 1 is 1.47 bits per heavy atom. The summed E-state index contributed by atoms with van der Waals surface area (Å²) >= 11 is 1.62. The first-order valence-electron chi connectivity index (χ1n) is 6.64. The molecule has 0 spiro atoms. The lowest BCUT2D eigenvalue weighted by Gasteiger charge is -2.36. The fourth-order valence-electron chi connectivity index (χ4n) is 2.64. The number of piperidine rings is 1. The van der Waals surface area contributed by atoms with Crippen molar-refractivity contribution in [2.24, 2.45) is 0 Å². The Labute approximate surface area is 116 Å². The van der Waals surface area contributed by atoms with Crippen LogP contribution in [0.2, 0.25) is 0 Å². The number of aliphatic hydroxyl groups is 1. The number of hydrogen-bond acceptors (Lipinski definition) is 6. The van der Waals surface area contributed by atoms with Crippen molar-refractivity contribution in [2.45, 2.75) is 25.3 Å². The van der Waals surface area contributed by atoms with Gasteiger partial charge in [0, 0.05) is 13.6 Å². The van der Waals surface area contributed by atoms with E-state index in [0.29, 0.717) is 5.95 Å². The van der Waals surface area contributed by atoms with E-state index in [2.05, 4.69) is 26.3 Å². The first-order valence-corrected chi connectivity index (χ1v) is 7.52. The molecule has 1 unspecified atom stereocenters. The van der Waals surface area contributed by atoms with Gasteiger partial charge in [0.05, 0.1) is 18.0 Å². The minimum absolute atomic E-state index is 0.177. The van der Waals surface area contributed by atoms with Gasteiger partial charge in [0.1, 0.15) is 10.6 Å². The van der Waals surface area contributed by atoms with Gasteiger partial charge in [-0.15, -0.1) is 11.3 Å². The van der Waals surface area contributed by atoms with Gasteiger partial charge in [0.2, 0.25) is 5.95 Å². The van der Waals surface area contributed by atoms with Crippen molar-refractivity contribution in [3.8, 4) is 0 Å². The van der Waals surface area contributed by atoms with Gasteiger partial charge in [-0.3, -0.25) is 0 Å². The number of anilines is 2. The second-order valence-corrected chi connectivity index (χ2v) is 5.68. The van der Waals surface area contributed by atoms with E-state index in [-0.39, 0.29) is 12.6 Å². The van der Waals surface area contributed by atoms with Crippen LogP contribution in [0.3, 0.4) is 0 Å². The van der Waals surface area contributed by atoms with Gasteiger partial charge < -0.3 is 15.3 Å². The van der Waals surface area contributed by atoms with Gasteiger partial charge >= 0.3 is 0 Å². The van der Waals surface area contributed by atoms with Crippen LogP contribution in [0, 0.1) is 0 Å². The van der Waals surface area contributed by atoms with E-state index in [1.54, 1.807) is 11.3 Å². The maximum absolute atomic E-state index is 9.57. The van der Waals surface area contributed by atoms with E-state index < -0.39 is 0 Å². The van der Waals surface area contributed by atoms with Crippen molar-refractivity contribution < 1.29 is 5.11 Å². The molecule has 3 heterocycles. The molecule has 102 valence electrons. The van der Waals surface area contributed by atoms with Gasteiger partial charge in [-0.25, -0.2) is 4.98 Å². The molecule has 1 saturated heterocycles. The molecular weight excluding hydrogens is 260 g/mol. The van der Waals surface area contributed by atoms with Crippen LogP contribution in [0.25, 0.3) is 10.2 Å². The third kappa shape index (κ3) is 2.26. The molecule has 1 fully saturated rings. The van der Waals surface area contributed by atoms with Crippen LogP contribution in [0.4, 0.5) is 11.8 Å². The molecule has 5 nitrogen and oxygen atoms in total. The number of hydrogen-bond donors (Lipinski definition) is 2. The molecule has 0 aliphatic carbocycles. The van der Waals surface area contributed by atoms with Crippen molar-refractivity contribution in [3.05, 3.63) is 11.4 Å². The van der Waals surface area contributed by atoms with Crippen LogP contribution in [0.5, 0.6) is 0 Å². The summed E-state index contributed by atoms with van der Waals surface area (Å²) in [6, 6.07) is 2.24. The quantitative estimate of drug-likeness (QED) is 0.900. The number of rotatable bonds is 3. The molecule has 0 aromatic carbocycles. The van der Waals surface area contributed by atoms with E-state index in [1.165, 1.54) is 6.42 Å². The summed E-state index contributed by atoms with van der Waals surface area (Å²) in [6.45, 7) is 1.14. The average Bonchev–Trinajstić information content (AvgIpc) is 2.94. The third-order valence-electron chi connectivity index (χ3n) is 3.64. The lowest BCUT2D eigenvalue weighted by atomic mass is 10.0. The van der Waals surface area contributed by atoms with Gasteiger partial charge in [-0.05, 0) is 30.7 Å². The Hall–Kier alpha value is -1.40. The number of fused-ring (bicyclic) bond motifs is 1. The highest BCUT2D eigenvalue weighted by molar-refractivity contribution is 7.16. The van der Waals surface area contributed by atoms with Crippen LogP contribution >= 0.6 is 11.3 Å². The van der Waals surface area contributed by atoms with E-state index >= 15 is 0 Å². The molecule has 2 N–H and O–H groups in total. The molecule has 6 heteroatoms. The number of nitrogens with one attached hydrogen (secondary N) is 1. The Bertz CT molecular complexity index is 571. The highest BCUT2D eigenvalue weighted by atomic mass is 32.1. The number of nitrogens with zero attached hydrogens (tertiary/aromatic N) is 3. The van der Waals surface area contributed by atoms with Crippen molar-refractivity contribution >= 4 is 33.3 Å². The van der Waals surface area contributed by atoms with Crippen LogP contribution in [0.15, 0.2) is 11.4 Å². The molecule has 0 saturated carbocycles. The van der Waals surface area contributed by atoms with Gasteiger partial charge in [0.15, 0.2) is 0 Å². The first-order chi connectivity index (χ1) is 9.33. The van der Waals surface area contributed by atoms with Crippen molar-refractivity contribution in [1.29, 1.82) is 0 Å². The second-order valence-electron chi connectivity index (χ2n) is 4.79.